The van der Waals surface area contributed by atoms with E-state index in [2.05, 4.69) is 10.3 Å². The SMILES string of the molecule is Nc1ccc(NC(=O)Cc2ccc(C(F)(F)F)cc2)cn1. The molecule has 0 unspecified atom stereocenters. The van der Waals surface area contributed by atoms with Crippen molar-refractivity contribution in [1.82, 2.24) is 4.98 Å². The standard InChI is InChI=1S/C14H12F3N3O/c15-14(16,17)10-3-1-9(2-4-10)7-13(21)20-11-5-6-12(18)19-8-11/h1-6,8H,7H2,(H2,18,19)(H,20,21). The molecule has 0 bridgehead atoms. The van der Waals surface area contributed by atoms with Crippen LogP contribution in [0.25, 0.3) is 0 Å². The highest BCUT2D eigenvalue weighted by Crippen LogP contribution is 2.29. The molecule has 1 aromatic heterocycles. The zero-order valence-corrected chi connectivity index (χ0v) is 10.8. The number of carbonyl (C=O) groups is 1. The highest BCUT2D eigenvalue weighted by Gasteiger charge is 2.29. The number of halogens is 3. The molecule has 0 fully saturated rings. The van der Waals surface area contributed by atoms with Crippen molar-refractivity contribution in [2.24, 2.45) is 0 Å². The largest absolute Gasteiger partial charge is 0.416 e. The van der Waals surface area contributed by atoms with Gasteiger partial charge >= 0.3 is 6.18 Å². The third kappa shape index (κ3) is 4.20. The van der Waals surface area contributed by atoms with Gasteiger partial charge in [0.25, 0.3) is 0 Å². The van der Waals surface area contributed by atoms with Crippen molar-refractivity contribution < 1.29 is 18.0 Å². The Morgan fingerprint density at radius 3 is 2.33 bits per heavy atom. The molecule has 21 heavy (non-hydrogen) atoms. The number of pyridine rings is 1. The summed E-state index contributed by atoms with van der Waals surface area (Å²) in [7, 11) is 0. The maximum absolute atomic E-state index is 12.4. The molecule has 0 saturated heterocycles. The maximum atomic E-state index is 12.4. The molecule has 1 amide bonds. The van der Waals surface area contributed by atoms with Gasteiger partial charge in [-0.1, -0.05) is 12.1 Å². The Hall–Kier alpha value is -2.57. The normalized spacial score (nSPS) is 11.2. The average molecular weight is 295 g/mol. The average Bonchev–Trinajstić information content (AvgIpc) is 2.41. The van der Waals surface area contributed by atoms with E-state index < -0.39 is 11.7 Å². The van der Waals surface area contributed by atoms with Gasteiger partial charge in [0.15, 0.2) is 0 Å². The number of aromatic nitrogens is 1. The smallest absolute Gasteiger partial charge is 0.384 e. The van der Waals surface area contributed by atoms with Crippen LogP contribution < -0.4 is 11.1 Å². The molecule has 4 nitrogen and oxygen atoms in total. The summed E-state index contributed by atoms with van der Waals surface area (Å²) in [5, 5.41) is 2.58. The summed E-state index contributed by atoms with van der Waals surface area (Å²) in [6.07, 6.45) is -3.00. The van der Waals surface area contributed by atoms with E-state index in [9.17, 15) is 18.0 Å². The Bertz CT molecular complexity index is 621. The third-order valence-corrected chi connectivity index (χ3v) is 2.72. The number of nitrogens with two attached hydrogens (primary N) is 1. The lowest BCUT2D eigenvalue weighted by atomic mass is 10.1. The number of hydrogen-bond acceptors (Lipinski definition) is 3. The van der Waals surface area contributed by atoms with Crippen molar-refractivity contribution in [3.63, 3.8) is 0 Å². The molecule has 3 N–H and O–H groups in total. The first-order chi connectivity index (χ1) is 9.84. The lowest BCUT2D eigenvalue weighted by molar-refractivity contribution is -0.137. The van der Waals surface area contributed by atoms with Gasteiger partial charge in [0.1, 0.15) is 5.82 Å². The van der Waals surface area contributed by atoms with Crippen molar-refractivity contribution in [2.45, 2.75) is 12.6 Å². The Labute approximate surface area is 118 Å². The van der Waals surface area contributed by atoms with Gasteiger partial charge in [0.2, 0.25) is 5.91 Å². The van der Waals surface area contributed by atoms with Crippen molar-refractivity contribution in [1.29, 1.82) is 0 Å². The number of benzene rings is 1. The van der Waals surface area contributed by atoms with Crippen molar-refractivity contribution >= 4 is 17.4 Å². The van der Waals surface area contributed by atoms with Crippen LogP contribution in [-0.2, 0) is 17.4 Å². The summed E-state index contributed by atoms with van der Waals surface area (Å²) in [4.78, 5) is 15.6. The van der Waals surface area contributed by atoms with E-state index in [1.807, 2.05) is 0 Å². The predicted octanol–water partition coefficient (Wildman–Crippen LogP) is 2.86. The molecule has 2 aromatic rings. The fourth-order valence-corrected chi connectivity index (χ4v) is 1.68. The van der Waals surface area contributed by atoms with E-state index in [-0.39, 0.29) is 12.3 Å². The Morgan fingerprint density at radius 2 is 1.81 bits per heavy atom. The summed E-state index contributed by atoms with van der Waals surface area (Å²) >= 11 is 0. The molecular formula is C14H12F3N3O. The number of hydrogen-bond donors (Lipinski definition) is 2. The van der Waals surface area contributed by atoms with Crippen LogP contribution in [0.3, 0.4) is 0 Å². The summed E-state index contributed by atoms with van der Waals surface area (Å²) < 4.78 is 37.2. The van der Waals surface area contributed by atoms with Gasteiger partial charge < -0.3 is 11.1 Å². The number of amides is 1. The van der Waals surface area contributed by atoms with Gasteiger partial charge in [0, 0.05) is 0 Å². The van der Waals surface area contributed by atoms with Gasteiger partial charge in [-0.25, -0.2) is 4.98 Å². The van der Waals surface area contributed by atoms with Crippen molar-refractivity contribution in [3.05, 3.63) is 53.7 Å². The van der Waals surface area contributed by atoms with E-state index in [1.54, 1.807) is 6.07 Å². The molecular weight excluding hydrogens is 283 g/mol. The monoisotopic (exact) mass is 295 g/mol. The lowest BCUT2D eigenvalue weighted by Crippen LogP contribution is -2.15. The topological polar surface area (TPSA) is 68.0 Å². The van der Waals surface area contributed by atoms with Crippen LogP contribution in [0.15, 0.2) is 42.6 Å². The molecule has 1 heterocycles. The van der Waals surface area contributed by atoms with Crippen LogP contribution in [0.5, 0.6) is 0 Å². The number of nitrogen functional groups attached to an aromatic ring is 1. The molecule has 0 atom stereocenters. The molecule has 1 aromatic carbocycles. The Kier molecular flexibility index (Phi) is 4.11. The zero-order valence-electron chi connectivity index (χ0n) is 10.8. The minimum absolute atomic E-state index is 0.0253. The molecule has 7 heteroatoms. The fraction of sp³-hybridized carbons (Fsp3) is 0.143. The quantitative estimate of drug-likeness (QED) is 0.915. The number of rotatable bonds is 3. The van der Waals surface area contributed by atoms with Gasteiger partial charge in [-0.15, -0.1) is 0 Å². The molecule has 0 saturated carbocycles. The number of nitrogens with one attached hydrogen (secondary N) is 1. The van der Waals surface area contributed by atoms with Crippen molar-refractivity contribution in [2.75, 3.05) is 11.1 Å². The second-order valence-corrected chi connectivity index (χ2v) is 4.39. The number of alkyl halides is 3. The highest BCUT2D eigenvalue weighted by atomic mass is 19.4. The van der Waals surface area contributed by atoms with Crippen LogP contribution >= 0.6 is 0 Å². The van der Waals surface area contributed by atoms with Crippen LogP contribution in [-0.4, -0.2) is 10.9 Å². The molecule has 0 aliphatic rings. The molecule has 110 valence electrons. The number of anilines is 2. The maximum Gasteiger partial charge on any atom is 0.416 e. The summed E-state index contributed by atoms with van der Waals surface area (Å²) in [5.74, 6) is -0.0166. The van der Waals surface area contributed by atoms with Crippen LogP contribution in [0.4, 0.5) is 24.7 Å². The second-order valence-electron chi connectivity index (χ2n) is 4.39. The van der Waals surface area contributed by atoms with Crippen LogP contribution in [0.1, 0.15) is 11.1 Å². The van der Waals surface area contributed by atoms with Crippen molar-refractivity contribution in [3.8, 4) is 0 Å². The first kappa shape index (κ1) is 14.8. The van der Waals surface area contributed by atoms with E-state index in [1.165, 1.54) is 24.4 Å². The van der Waals surface area contributed by atoms with Gasteiger partial charge in [-0.2, -0.15) is 13.2 Å². The van der Waals surface area contributed by atoms with Gasteiger partial charge in [-0.05, 0) is 29.8 Å². The predicted molar refractivity (Wildman–Crippen MR) is 72.4 cm³/mol. The van der Waals surface area contributed by atoms with Crippen LogP contribution in [0, 0.1) is 0 Å². The molecule has 0 spiro atoms. The van der Waals surface area contributed by atoms with E-state index in [0.29, 0.717) is 17.1 Å². The van der Waals surface area contributed by atoms with Crippen LogP contribution in [0.2, 0.25) is 0 Å². The molecule has 0 radical (unpaired) electrons. The van der Waals surface area contributed by atoms with E-state index in [0.717, 1.165) is 12.1 Å². The lowest BCUT2D eigenvalue weighted by Gasteiger charge is -2.08. The molecule has 0 aliphatic carbocycles. The van der Waals surface area contributed by atoms with Gasteiger partial charge in [0.05, 0.1) is 23.9 Å². The third-order valence-electron chi connectivity index (χ3n) is 2.72. The first-order valence-corrected chi connectivity index (χ1v) is 6.02. The summed E-state index contributed by atoms with van der Waals surface area (Å²) in [5.41, 5.74) is 5.64. The van der Waals surface area contributed by atoms with Gasteiger partial charge in [-0.3, -0.25) is 4.79 Å². The Balaban J connectivity index is 1.98. The second kappa shape index (κ2) is 5.82. The highest BCUT2D eigenvalue weighted by molar-refractivity contribution is 5.92. The summed E-state index contributed by atoms with van der Waals surface area (Å²) in [6.45, 7) is 0. The minimum Gasteiger partial charge on any atom is -0.384 e. The molecule has 0 aliphatic heterocycles. The van der Waals surface area contributed by atoms with E-state index >= 15 is 0 Å². The van der Waals surface area contributed by atoms with E-state index in [4.69, 9.17) is 5.73 Å². The minimum atomic E-state index is -4.38. The summed E-state index contributed by atoms with van der Waals surface area (Å²) in [6, 6.07) is 7.59. The first-order valence-electron chi connectivity index (χ1n) is 6.02. The fourth-order valence-electron chi connectivity index (χ4n) is 1.68. The number of carbonyl (C=O) groups excluding carboxylic acids is 1. The zero-order chi connectivity index (χ0) is 15.5. The Morgan fingerprint density at radius 1 is 1.14 bits per heavy atom. The molecule has 2 rings (SSSR count). The number of nitrogens with zero attached hydrogens (tertiary/aromatic N) is 1.